The summed E-state index contributed by atoms with van der Waals surface area (Å²) < 4.78 is 18.7. The molecule has 2 unspecified atom stereocenters. The van der Waals surface area contributed by atoms with Crippen molar-refractivity contribution in [1.82, 2.24) is 4.90 Å². The Kier molecular flexibility index (Phi) is 4.36. The van der Waals surface area contributed by atoms with E-state index in [1.54, 1.807) is 6.07 Å². The average molecular weight is 291 g/mol. The van der Waals surface area contributed by atoms with Crippen molar-refractivity contribution in [2.24, 2.45) is 5.92 Å². The zero-order chi connectivity index (χ0) is 14.8. The number of piperidine rings is 1. The van der Waals surface area contributed by atoms with Gasteiger partial charge in [0.2, 0.25) is 0 Å². The van der Waals surface area contributed by atoms with Crippen LogP contribution in [0.25, 0.3) is 0 Å². The number of ether oxygens (including phenoxy) is 1. The van der Waals surface area contributed by atoms with Gasteiger partial charge in [-0.1, -0.05) is 12.1 Å². The van der Waals surface area contributed by atoms with Crippen LogP contribution in [0.3, 0.4) is 0 Å². The number of fused-ring (bicyclic) bond motifs is 2. The monoisotopic (exact) mass is 291 g/mol. The number of aryl methyl sites for hydroxylation is 1. The normalized spacial score (nSPS) is 29.3. The minimum Gasteiger partial charge on any atom is -0.378 e. The van der Waals surface area contributed by atoms with E-state index in [0.29, 0.717) is 30.7 Å². The van der Waals surface area contributed by atoms with Crippen molar-refractivity contribution in [2.45, 2.75) is 37.8 Å². The number of halogens is 1. The number of carbonyl (C=O) groups is 1. The summed E-state index contributed by atoms with van der Waals surface area (Å²) in [6.07, 6.45) is 2.94. The molecule has 4 heteroatoms. The molecule has 2 aliphatic rings. The molecule has 3 rings (SSSR count). The molecule has 0 aromatic heterocycles. The molecule has 1 aromatic carbocycles. The highest BCUT2D eigenvalue weighted by atomic mass is 19.1. The van der Waals surface area contributed by atoms with Gasteiger partial charge >= 0.3 is 0 Å². The molecule has 0 aliphatic carbocycles. The van der Waals surface area contributed by atoms with Gasteiger partial charge in [0, 0.05) is 24.4 Å². The summed E-state index contributed by atoms with van der Waals surface area (Å²) >= 11 is 0. The third-order valence-corrected chi connectivity index (χ3v) is 4.89. The highest BCUT2D eigenvalue weighted by molar-refractivity contribution is 5.81. The van der Waals surface area contributed by atoms with Crippen LogP contribution in [0.1, 0.15) is 24.8 Å². The summed E-state index contributed by atoms with van der Waals surface area (Å²) in [5.74, 6) is 0.240. The third-order valence-electron chi connectivity index (χ3n) is 4.89. The molecular formula is C17H22FNO2. The molecule has 3 nitrogen and oxygen atoms in total. The fourth-order valence-electron chi connectivity index (χ4n) is 3.52. The van der Waals surface area contributed by atoms with E-state index < -0.39 is 0 Å². The van der Waals surface area contributed by atoms with E-state index in [9.17, 15) is 9.18 Å². The van der Waals surface area contributed by atoms with Crippen LogP contribution < -0.4 is 0 Å². The summed E-state index contributed by atoms with van der Waals surface area (Å²) in [7, 11) is 2.13. The Hall–Kier alpha value is -1.26. The molecule has 2 aliphatic heterocycles. The predicted molar refractivity (Wildman–Crippen MR) is 78.6 cm³/mol. The van der Waals surface area contributed by atoms with Crippen LogP contribution in [0.4, 0.5) is 4.39 Å². The lowest BCUT2D eigenvalue weighted by Gasteiger charge is -2.46. The van der Waals surface area contributed by atoms with Crippen molar-refractivity contribution < 1.29 is 13.9 Å². The van der Waals surface area contributed by atoms with E-state index in [4.69, 9.17) is 4.74 Å². The van der Waals surface area contributed by atoms with Gasteiger partial charge in [0.1, 0.15) is 11.6 Å². The molecule has 0 amide bonds. The summed E-state index contributed by atoms with van der Waals surface area (Å²) in [6.45, 7) is 1.47. The number of hydrogen-bond acceptors (Lipinski definition) is 3. The van der Waals surface area contributed by atoms with Crippen LogP contribution in [0.15, 0.2) is 24.3 Å². The molecule has 0 N–H and O–H groups in total. The second-order valence-corrected chi connectivity index (χ2v) is 6.28. The first-order valence-electron chi connectivity index (χ1n) is 7.70. The zero-order valence-corrected chi connectivity index (χ0v) is 12.4. The predicted octanol–water partition coefficient (Wildman–Crippen LogP) is 2.44. The number of morpholine rings is 1. The summed E-state index contributed by atoms with van der Waals surface area (Å²) in [6, 6.07) is 7.29. The van der Waals surface area contributed by atoms with Gasteiger partial charge in [-0.15, -0.1) is 0 Å². The topological polar surface area (TPSA) is 29.5 Å². The number of hydrogen-bond donors (Lipinski definition) is 0. The minimum absolute atomic E-state index is 0.147. The van der Waals surface area contributed by atoms with Crippen molar-refractivity contribution in [3.63, 3.8) is 0 Å². The average Bonchev–Trinajstić information content (AvgIpc) is 2.44. The lowest BCUT2D eigenvalue weighted by Crippen LogP contribution is -2.55. The van der Waals surface area contributed by atoms with Gasteiger partial charge in [0.15, 0.2) is 0 Å². The summed E-state index contributed by atoms with van der Waals surface area (Å²) in [5.41, 5.74) is 0.903. The number of benzene rings is 1. The fraction of sp³-hybridized carbons (Fsp3) is 0.588. The highest BCUT2D eigenvalue weighted by Crippen LogP contribution is 2.31. The number of likely N-dealkylation sites (N-methyl/N-ethyl adjacent to an activating group) is 1. The van der Waals surface area contributed by atoms with E-state index in [1.165, 1.54) is 12.1 Å². The maximum absolute atomic E-state index is 13.1. The molecule has 21 heavy (non-hydrogen) atoms. The molecule has 2 saturated heterocycles. The molecule has 0 spiro atoms. The molecule has 2 bridgehead atoms. The molecule has 114 valence electrons. The number of carbonyl (C=O) groups excluding carboxylic acids is 1. The second kappa shape index (κ2) is 6.24. The molecule has 2 atom stereocenters. The first-order chi connectivity index (χ1) is 10.1. The Morgan fingerprint density at radius 2 is 2.05 bits per heavy atom. The highest BCUT2D eigenvalue weighted by Gasteiger charge is 2.38. The van der Waals surface area contributed by atoms with Gasteiger partial charge in [-0.2, -0.15) is 0 Å². The van der Waals surface area contributed by atoms with Gasteiger partial charge in [-0.05, 0) is 44.0 Å². The molecule has 1 aromatic rings. The van der Waals surface area contributed by atoms with Crippen molar-refractivity contribution in [1.29, 1.82) is 0 Å². The van der Waals surface area contributed by atoms with Crippen molar-refractivity contribution in [2.75, 3.05) is 20.3 Å². The maximum atomic E-state index is 13.1. The molecule has 0 radical (unpaired) electrons. The number of nitrogens with zero attached hydrogens (tertiary/aromatic N) is 1. The standard InChI is InChI=1S/C17H22FNO2/c1-19-15-8-13(9-16(19)11-21-10-15)17(20)6-5-12-3-2-4-14(18)7-12/h2-4,7,13,15-16H,5-6,8-11H2,1H3. The second-order valence-electron chi connectivity index (χ2n) is 6.28. The van der Waals surface area contributed by atoms with Gasteiger partial charge in [-0.25, -0.2) is 4.39 Å². The van der Waals surface area contributed by atoms with Crippen LogP contribution in [-0.4, -0.2) is 43.0 Å². The van der Waals surface area contributed by atoms with E-state index in [0.717, 1.165) is 31.6 Å². The summed E-state index contributed by atoms with van der Waals surface area (Å²) in [5, 5.41) is 0. The van der Waals surface area contributed by atoms with Crippen LogP contribution in [0, 0.1) is 11.7 Å². The third kappa shape index (κ3) is 3.33. The van der Waals surface area contributed by atoms with Crippen LogP contribution in [0.5, 0.6) is 0 Å². The lowest BCUT2D eigenvalue weighted by molar-refractivity contribution is -0.131. The Bertz CT molecular complexity index is 505. The Balaban J connectivity index is 1.56. The van der Waals surface area contributed by atoms with Crippen LogP contribution in [0.2, 0.25) is 0 Å². The van der Waals surface area contributed by atoms with Gasteiger partial charge < -0.3 is 4.74 Å². The Labute approximate surface area is 125 Å². The smallest absolute Gasteiger partial charge is 0.136 e. The van der Waals surface area contributed by atoms with Gasteiger partial charge in [0.05, 0.1) is 13.2 Å². The summed E-state index contributed by atoms with van der Waals surface area (Å²) in [4.78, 5) is 14.8. The maximum Gasteiger partial charge on any atom is 0.136 e. The fourth-order valence-corrected chi connectivity index (χ4v) is 3.52. The lowest BCUT2D eigenvalue weighted by atomic mass is 9.81. The van der Waals surface area contributed by atoms with Crippen LogP contribution in [-0.2, 0) is 16.0 Å². The zero-order valence-electron chi connectivity index (χ0n) is 12.4. The van der Waals surface area contributed by atoms with Crippen molar-refractivity contribution in [3.05, 3.63) is 35.6 Å². The first kappa shape index (κ1) is 14.7. The van der Waals surface area contributed by atoms with Gasteiger partial charge in [0.25, 0.3) is 0 Å². The van der Waals surface area contributed by atoms with Crippen molar-refractivity contribution >= 4 is 5.78 Å². The van der Waals surface area contributed by atoms with Gasteiger partial charge in [-0.3, -0.25) is 9.69 Å². The first-order valence-corrected chi connectivity index (χ1v) is 7.70. The van der Waals surface area contributed by atoms with E-state index >= 15 is 0 Å². The number of rotatable bonds is 4. The number of Topliss-reactive ketones (excluding diaryl/α,β-unsaturated/α-hetero) is 1. The molecule has 2 fully saturated rings. The Morgan fingerprint density at radius 1 is 1.33 bits per heavy atom. The van der Waals surface area contributed by atoms with Crippen LogP contribution >= 0.6 is 0 Å². The SMILES string of the molecule is CN1C2COCC1CC(C(=O)CCc1cccc(F)c1)C2. The minimum atomic E-state index is -0.231. The molecule has 2 heterocycles. The van der Waals surface area contributed by atoms with E-state index in [-0.39, 0.29) is 11.7 Å². The van der Waals surface area contributed by atoms with E-state index in [1.807, 2.05) is 6.07 Å². The number of ketones is 1. The Morgan fingerprint density at radius 3 is 2.71 bits per heavy atom. The largest absolute Gasteiger partial charge is 0.378 e. The van der Waals surface area contributed by atoms with Crippen molar-refractivity contribution in [3.8, 4) is 0 Å². The quantitative estimate of drug-likeness (QED) is 0.853. The molecule has 0 saturated carbocycles. The molecular weight excluding hydrogens is 269 g/mol. The van der Waals surface area contributed by atoms with E-state index in [2.05, 4.69) is 11.9 Å².